The van der Waals surface area contributed by atoms with Gasteiger partial charge in [0.2, 0.25) is 12.2 Å². The molecule has 4 bridgehead atoms. The van der Waals surface area contributed by atoms with Crippen LogP contribution in [0.4, 0.5) is 0 Å². The van der Waals surface area contributed by atoms with E-state index in [1.807, 2.05) is 77.7 Å². The lowest BCUT2D eigenvalue weighted by Crippen LogP contribution is -2.82. The first kappa shape index (κ1) is 59.6. The number of fused-ring (bicyclic) bond motifs is 2. The summed E-state index contributed by atoms with van der Waals surface area (Å²) in [5.41, 5.74) is -1.35. The maximum Gasteiger partial charge on any atom is 0.314 e. The Hall–Kier alpha value is -5.57. The van der Waals surface area contributed by atoms with Gasteiger partial charge in [0, 0.05) is 73.6 Å². The van der Waals surface area contributed by atoms with Gasteiger partial charge in [-0.25, -0.2) is 0 Å². The van der Waals surface area contributed by atoms with Crippen LogP contribution in [0.15, 0.2) is 65.3 Å². The summed E-state index contributed by atoms with van der Waals surface area (Å²) in [6.45, 7) is 19.7. The van der Waals surface area contributed by atoms with Crippen LogP contribution in [0.1, 0.15) is 146 Å². The number of hydrogen-bond donors (Lipinski definition) is 4. The highest BCUT2D eigenvalue weighted by molar-refractivity contribution is 6.11. The Morgan fingerprint density at radius 2 is 1.55 bits per heavy atom. The zero-order valence-corrected chi connectivity index (χ0v) is 48.9. The van der Waals surface area contributed by atoms with E-state index in [4.69, 9.17) is 33.2 Å². The van der Waals surface area contributed by atoms with Gasteiger partial charge in [0.15, 0.2) is 34.3 Å². The lowest BCUT2D eigenvalue weighted by atomic mass is 9.44. The fourth-order valence-electron chi connectivity index (χ4n) is 14.2. The summed E-state index contributed by atoms with van der Waals surface area (Å²) >= 11 is 0. The van der Waals surface area contributed by atoms with Crippen molar-refractivity contribution in [1.82, 2.24) is 9.80 Å². The van der Waals surface area contributed by atoms with Crippen molar-refractivity contribution in [3.8, 4) is 23.0 Å². The van der Waals surface area contributed by atoms with Crippen molar-refractivity contribution in [3.05, 3.63) is 87.5 Å². The molecule has 444 valence electrons. The zero-order chi connectivity index (χ0) is 58.8. The molecule has 1 amide bonds. The fraction of sp³-hybridized carbons (Fsp3) is 0.609. The summed E-state index contributed by atoms with van der Waals surface area (Å²) in [7, 11) is 0. The summed E-state index contributed by atoms with van der Waals surface area (Å²) in [6, 6.07) is 5.21. The van der Waals surface area contributed by atoms with Gasteiger partial charge in [-0.05, 0) is 137 Å². The van der Waals surface area contributed by atoms with Crippen molar-refractivity contribution in [2.24, 2.45) is 23.7 Å². The number of nitrogens with zero attached hydrogens (tertiary/aromatic N) is 2. The second-order valence-electron chi connectivity index (χ2n) is 25.2. The highest BCUT2D eigenvalue weighted by Crippen LogP contribution is 2.71. The molecule has 11 rings (SSSR count). The predicted octanol–water partition coefficient (Wildman–Crippen LogP) is 6.85. The molecule has 8 unspecified atom stereocenters. The number of carbonyl (C=O) groups excluding carboxylic acids is 5. The quantitative estimate of drug-likeness (QED) is 0.0417. The molecule has 9 aliphatic rings. The molecule has 18 nitrogen and oxygen atoms in total. The first-order valence-corrected chi connectivity index (χ1v) is 29.4. The molecule has 0 aromatic heterocycles. The number of piperidine rings is 1. The predicted molar refractivity (Wildman–Crippen MR) is 302 cm³/mol. The number of morpholine rings is 1. The van der Waals surface area contributed by atoms with Gasteiger partial charge in [0.25, 0.3) is 0 Å². The lowest BCUT2D eigenvalue weighted by Gasteiger charge is -2.64. The number of hydrogen-bond acceptors (Lipinski definition) is 17. The van der Waals surface area contributed by atoms with Gasteiger partial charge in [-0.1, -0.05) is 36.3 Å². The number of likely N-dealkylation sites (tertiary alicyclic amines) is 1. The van der Waals surface area contributed by atoms with E-state index in [9.17, 15) is 34.8 Å². The zero-order valence-electron chi connectivity index (χ0n) is 48.9. The van der Waals surface area contributed by atoms with Crippen LogP contribution in [0.25, 0.3) is 6.08 Å². The van der Waals surface area contributed by atoms with Gasteiger partial charge in [0.05, 0.1) is 42.8 Å². The molecule has 6 heterocycles. The average Bonchev–Trinajstić information content (AvgIpc) is 1.36. The molecule has 4 saturated heterocycles. The molecule has 13 atom stereocenters. The summed E-state index contributed by atoms with van der Waals surface area (Å²) in [5, 5.41) is 40.7. The van der Waals surface area contributed by atoms with Crippen LogP contribution in [-0.4, -0.2) is 165 Å². The van der Waals surface area contributed by atoms with Gasteiger partial charge in [-0.3, -0.25) is 28.9 Å². The molecular formula is C64H82N2O16. The lowest BCUT2D eigenvalue weighted by molar-refractivity contribution is -0.277. The molecule has 82 heavy (non-hydrogen) atoms. The summed E-state index contributed by atoms with van der Waals surface area (Å²) in [6.07, 6.45) is 6.81. The van der Waals surface area contributed by atoms with E-state index in [0.717, 1.165) is 30.4 Å². The number of benzene rings is 2. The molecule has 3 aliphatic carbocycles. The fourth-order valence-corrected chi connectivity index (χ4v) is 14.2. The Morgan fingerprint density at radius 3 is 2.22 bits per heavy atom. The molecule has 7 fully saturated rings. The largest absolute Gasteiger partial charge is 0.482 e. The van der Waals surface area contributed by atoms with Gasteiger partial charge in [-0.15, -0.1) is 0 Å². The van der Waals surface area contributed by atoms with Crippen LogP contribution >= 0.6 is 0 Å². The standard InChI is InChI=1S/C64H82N2O16/c1-35(2)14-13-23-62(9)24-22-42-54(80-62)41(20-15-36(3)4)56-47(55(42)79-59(75)38(6)32-44(68)39-16-18-40(19-17-39)77-60-53(72)52(71)50(69)45(34-67)78-60)51(70)48-49(65-28-30-76-31-29-65)43-33-46-61(7,8)82-63(57(43)73,64(46,48)81-56)25-21-37(5)58(74)66-26-11-10-12-27-66/h14-19,21-22,24,38,43,45-46,48-50,52-53,60,67,69,71-72H,10-13,20,23,25-34H2,1-9H3/b37-21-/t38?,43?,45-,46?,48?,49?,50-,52+,53-,60-,62?,63?,64?/m1/s1. The number of Topliss-reactive ketones (excluding diaryl/α,β-unsaturated/α-hetero) is 3. The molecule has 0 radical (unpaired) electrons. The highest BCUT2D eigenvalue weighted by atomic mass is 16.7. The van der Waals surface area contributed by atoms with Gasteiger partial charge >= 0.3 is 5.97 Å². The Labute approximate surface area is 480 Å². The minimum Gasteiger partial charge on any atom is -0.482 e. The van der Waals surface area contributed by atoms with Crippen LogP contribution in [-0.2, 0) is 35.0 Å². The van der Waals surface area contributed by atoms with Crippen molar-refractivity contribution < 1.29 is 77.6 Å². The molecule has 6 aliphatic heterocycles. The van der Waals surface area contributed by atoms with Gasteiger partial charge < -0.3 is 58.5 Å². The number of carbonyl (C=O) groups is 5. The Bertz CT molecular complexity index is 2960. The van der Waals surface area contributed by atoms with E-state index < -0.39 is 101 Å². The number of ether oxygens (including phenoxy) is 7. The summed E-state index contributed by atoms with van der Waals surface area (Å²) < 4.78 is 46.1. The summed E-state index contributed by atoms with van der Waals surface area (Å²) in [5.74, 6) is -4.44. The smallest absolute Gasteiger partial charge is 0.314 e. The van der Waals surface area contributed by atoms with Crippen molar-refractivity contribution >= 4 is 35.3 Å². The van der Waals surface area contributed by atoms with Gasteiger partial charge in [-0.2, -0.15) is 0 Å². The molecule has 4 N–H and O–H groups in total. The number of esters is 1. The van der Waals surface area contributed by atoms with E-state index in [1.54, 1.807) is 13.8 Å². The number of aliphatic hydroxyl groups is 4. The highest BCUT2D eigenvalue weighted by Gasteiger charge is 2.86. The van der Waals surface area contributed by atoms with E-state index in [2.05, 4.69) is 11.0 Å². The monoisotopic (exact) mass is 1130 g/mol. The third-order valence-corrected chi connectivity index (χ3v) is 18.5. The van der Waals surface area contributed by atoms with Crippen molar-refractivity contribution in [3.63, 3.8) is 0 Å². The average molecular weight is 1140 g/mol. The van der Waals surface area contributed by atoms with Crippen molar-refractivity contribution in [2.75, 3.05) is 46.0 Å². The molecular weight excluding hydrogens is 1050 g/mol. The van der Waals surface area contributed by atoms with E-state index >= 15 is 9.59 Å². The molecule has 2 aromatic carbocycles. The third kappa shape index (κ3) is 10.5. The Balaban J connectivity index is 1.07. The number of rotatable bonds is 17. The van der Waals surface area contributed by atoms with Gasteiger partial charge in [0.1, 0.15) is 52.8 Å². The number of amides is 1. The minimum atomic E-state index is -1.71. The van der Waals surface area contributed by atoms with Crippen LogP contribution in [0.3, 0.4) is 0 Å². The van der Waals surface area contributed by atoms with E-state index in [1.165, 1.54) is 24.3 Å². The number of ketones is 3. The van der Waals surface area contributed by atoms with E-state index in [0.29, 0.717) is 81.1 Å². The number of aliphatic hydroxyl groups excluding tert-OH is 4. The number of allylic oxidation sites excluding steroid dienone is 4. The minimum absolute atomic E-state index is 0.0140. The normalized spacial score (nSPS) is 33.0. The molecule has 18 heteroatoms. The van der Waals surface area contributed by atoms with E-state index in [-0.39, 0.29) is 65.1 Å². The van der Waals surface area contributed by atoms with Crippen LogP contribution in [0.5, 0.6) is 23.0 Å². The van der Waals surface area contributed by atoms with Crippen molar-refractivity contribution in [2.45, 2.75) is 179 Å². The molecule has 2 aromatic rings. The van der Waals surface area contributed by atoms with Crippen molar-refractivity contribution in [1.29, 1.82) is 0 Å². The first-order valence-electron chi connectivity index (χ1n) is 29.4. The Kier molecular flexibility index (Phi) is 16.8. The maximum atomic E-state index is 16.8. The maximum absolute atomic E-state index is 16.8. The van der Waals surface area contributed by atoms with Crippen LogP contribution in [0, 0.1) is 23.7 Å². The first-order chi connectivity index (χ1) is 39.0. The summed E-state index contributed by atoms with van der Waals surface area (Å²) in [4.78, 5) is 79.8. The molecule has 3 saturated carbocycles. The van der Waals surface area contributed by atoms with Crippen LogP contribution < -0.4 is 18.9 Å². The third-order valence-electron chi connectivity index (χ3n) is 18.5. The van der Waals surface area contributed by atoms with Crippen LogP contribution in [0.2, 0.25) is 0 Å². The second kappa shape index (κ2) is 23.1. The Morgan fingerprint density at radius 1 is 0.854 bits per heavy atom. The SMILES string of the molecule is CC(C)=CCCC1(C)C=Cc2c(c(CC=C(C)C)c3c(c2OC(=O)C(C)CC(=O)c2ccc(O[C@@H]4O[C@H](CO)[C@@H](O)[C@H](O)[C@H]4O)cc2)C(=O)C2C(N4CCOCC4)C4CC5C(C)(C)OC(C/C=C(/C)C(=O)N6CCCCC6)(C4=O)C25O3)O1. The topological polar surface area (TPSA) is 237 Å². The molecule has 1 spiro atoms. The second-order valence-corrected chi connectivity index (χ2v) is 25.2.